The minimum atomic E-state index is 0.263. The third-order valence-electron chi connectivity index (χ3n) is 5.45. The maximum atomic E-state index is 12.5. The average molecular weight is 331 g/mol. The van der Waals surface area contributed by atoms with E-state index >= 15 is 0 Å². The van der Waals surface area contributed by atoms with E-state index in [1.54, 1.807) is 7.11 Å². The van der Waals surface area contributed by atoms with E-state index in [1.165, 1.54) is 18.5 Å². The van der Waals surface area contributed by atoms with Crippen molar-refractivity contribution in [3.05, 3.63) is 24.3 Å². The lowest BCUT2D eigenvalue weighted by atomic mass is 10.2. The van der Waals surface area contributed by atoms with Gasteiger partial charge in [-0.15, -0.1) is 0 Å². The summed E-state index contributed by atoms with van der Waals surface area (Å²) in [6.07, 6.45) is 2.64. The van der Waals surface area contributed by atoms with Crippen molar-refractivity contribution in [3.63, 3.8) is 0 Å². The zero-order valence-electron chi connectivity index (χ0n) is 15.1. The van der Waals surface area contributed by atoms with Gasteiger partial charge in [-0.1, -0.05) is 0 Å². The number of amides is 1. The van der Waals surface area contributed by atoms with Crippen molar-refractivity contribution in [2.75, 3.05) is 51.8 Å². The number of ether oxygens (including phenoxy) is 1. The molecule has 1 saturated carbocycles. The van der Waals surface area contributed by atoms with Gasteiger partial charge < -0.3 is 14.5 Å². The number of carbonyl (C=O) groups is 1. The molecule has 132 valence electrons. The van der Waals surface area contributed by atoms with Gasteiger partial charge in [0.05, 0.1) is 13.7 Å². The molecule has 0 spiro atoms. The highest BCUT2D eigenvalue weighted by Gasteiger charge is 2.32. The van der Waals surface area contributed by atoms with Crippen LogP contribution in [0, 0.1) is 5.92 Å². The summed E-state index contributed by atoms with van der Waals surface area (Å²) >= 11 is 0. The van der Waals surface area contributed by atoms with Gasteiger partial charge in [0.25, 0.3) is 0 Å². The summed E-state index contributed by atoms with van der Waals surface area (Å²) in [5.74, 6) is 1.94. The van der Waals surface area contributed by atoms with Crippen LogP contribution in [0.15, 0.2) is 24.3 Å². The molecule has 1 aliphatic carbocycles. The lowest BCUT2D eigenvalue weighted by Gasteiger charge is -2.37. The van der Waals surface area contributed by atoms with E-state index < -0.39 is 0 Å². The van der Waals surface area contributed by atoms with Gasteiger partial charge in [0.2, 0.25) is 5.91 Å². The fourth-order valence-electron chi connectivity index (χ4n) is 3.40. The highest BCUT2D eigenvalue weighted by Crippen LogP contribution is 2.34. The molecule has 2 aliphatic rings. The summed E-state index contributed by atoms with van der Waals surface area (Å²) in [6.45, 7) is 6.17. The molecule has 1 aromatic rings. The first-order valence-electron chi connectivity index (χ1n) is 8.95. The Hall–Kier alpha value is -1.75. The maximum absolute atomic E-state index is 12.5. The Balaban J connectivity index is 1.47. The van der Waals surface area contributed by atoms with Crippen molar-refractivity contribution < 1.29 is 9.53 Å². The quantitative estimate of drug-likeness (QED) is 0.800. The van der Waals surface area contributed by atoms with Gasteiger partial charge in [-0.25, -0.2) is 0 Å². The Bertz CT molecular complexity index is 548. The Morgan fingerprint density at radius 2 is 1.83 bits per heavy atom. The second-order valence-electron chi connectivity index (χ2n) is 7.06. The number of anilines is 1. The molecule has 1 atom stereocenters. The number of likely N-dealkylation sites (N-methyl/N-ethyl adjacent to an activating group) is 1. The van der Waals surface area contributed by atoms with E-state index in [9.17, 15) is 4.79 Å². The highest BCUT2D eigenvalue weighted by atomic mass is 16.5. The minimum absolute atomic E-state index is 0.263. The standard InChI is InChI=1S/C19H29N3O2/c1-15(16-4-5-16)20(2)14-19(23)22-12-10-21(11-13-22)17-6-8-18(24-3)9-7-17/h6-9,15-16H,4-5,10-14H2,1-3H3. The molecular weight excluding hydrogens is 302 g/mol. The van der Waals surface area contributed by atoms with E-state index in [0.717, 1.165) is 37.8 Å². The number of nitrogens with zero attached hydrogens (tertiary/aromatic N) is 3. The highest BCUT2D eigenvalue weighted by molar-refractivity contribution is 5.78. The molecule has 5 nitrogen and oxygen atoms in total. The first-order chi connectivity index (χ1) is 11.6. The zero-order valence-corrected chi connectivity index (χ0v) is 15.1. The molecule has 24 heavy (non-hydrogen) atoms. The van der Waals surface area contributed by atoms with Crippen molar-refractivity contribution in [3.8, 4) is 5.75 Å². The predicted molar refractivity (Wildman–Crippen MR) is 96.6 cm³/mol. The molecule has 0 N–H and O–H groups in total. The molecule has 2 fully saturated rings. The lowest BCUT2D eigenvalue weighted by molar-refractivity contribution is -0.132. The van der Waals surface area contributed by atoms with Crippen LogP contribution in [-0.2, 0) is 4.79 Å². The van der Waals surface area contributed by atoms with Crippen molar-refractivity contribution in [1.82, 2.24) is 9.80 Å². The Labute approximate surface area is 145 Å². The van der Waals surface area contributed by atoms with Crippen molar-refractivity contribution >= 4 is 11.6 Å². The number of methoxy groups -OCH3 is 1. The van der Waals surface area contributed by atoms with Crippen LogP contribution in [0.5, 0.6) is 5.75 Å². The van der Waals surface area contributed by atoms with Crippen molar-refractivity contribution in [2.45, 2.75) is 25.8 Å². The molecule has 3 rings (SSSR count). The number of hydrogen-bond donors (Lipinski definition) is 0. The van der Waals surface area contributed by atoms with Crippen LogP contribution in [0.1, 0.15) is 19.8 Å². The molecule has 1 unspecified atom stereocenters. The largest absolute Gasteiger partial charge is 0.497 e. The zero-order chi connectivity index (χ0) is 17.1. The second kappa shape index (κ2) is 7.43. The average Bonchev–Trinajstić information content (AvgIpc) is 3.46. The summed E-state index contributed by atoms with van der Waals surface area (Å²) in [4.78, 5) is 19.1. The third-order valence-corrected chi connectivity index (χ3v) is 5.45. The van der Waals surface area contributed by atoms with Crippen molar-refractivity contribution in [2.24, 2.45) is 5.92 Å². The van der Waals surface area contributed by atoms with E-state index in [4.69, 9.17) is 4.74 Å². The van der Waals surface area contributed by atoms with Gasteiger partial charge >= 0.3 is 0 Å². The molecular formula is C19H29N3O2. The smallest absolute Gasteiger partial charge is 0.236 e. The van der Waals surface area contributed by atoms with Gasteiger partial charge in [0.15, 0.2) is 0 Å². The summed E-state index contributed by atoms with van der Waals surface area (Å²) in [7, 11) is 3.76. The van der Waals surface area contributed by atoms with Gasteiger partial charge in [0.1, 0.15) is 5.75 Å². The topological polar surface area (TPSA) is 36.0 Å². The van der Waals surface area contributed by atoms with E-state index in [1.807, 2.05) is 17.0 Å². The first kappa shape index (κ1) is 17.1. The summed E-state index contributed by atoms with van der Waals surface area (Å²) in [5.41, 5.74) is 1.20. The van der Waals surface area contributed by atoms with Crippen LogP contribution < -0.4 is 9.64 Å². The minimum Gasteiger partial charge on any atom is -0.497 e. The molecule has 1 amide bonds. The van der Waals surface area contributed by atoms with E-state index in [0.29, 0.717) is 12.6 Å². The van der Waals surface area contributed by atoms with Gasteiger partial charge in [-0.3, -0.25) is 9.69 Å². The van der Waals surface area contributed by atoms with E-state index in [-0.39, 0.29) is 5.91 Å². The van der Waals surface area contributed by atoms with Gasteiger partial charge in [-0.05, 0) is 57.0 Å². The molecule has 1 aromatic carbocycles. The van der Waals surface area contributed by atoms with Crippen LogP contribution in [0.2, 0.25) is 0 Å². The van der Waals surface area contributed by atoms with Crippen LogP contribution in [0.25, 0.3) is 0 Å². The summed E-state index contributed by atoms with van der Waals surface area (Å²) in [5, 5.41) is 0. The van der Waals surface area contributed by atoms with Gasteiger partial charge in [0, 0.05) is 37.9 Å². The Kier molecular flexibility index (Phi) is 5.29. The second-order valence-corrected chi connectivity index (χ2v) is 7.06. The van der Waals surface area contributed by atoms with Crippen LogP contribution >= 0.6 is 0 Å². The number of rotatable bonds is 6. The van der Waals surface area contributed by atoms with Gasteiger partial charge in [-0.2, -0.15) is 0 Å². The molecule has 1 heterocycles. The third kappa shape index (κ3) is 4.01. The van der Waals surface area contributed by atoms with Crippen LogP contribution in [0.4, 0.5) is 5.69 Å². The first-order valence-corrected chi connectivity index (χ1v) is 8.95. The lowest BCUT2D eigenvalue weighted by Crippen LogP contribution is -2.51. The number of benzene rings is 1. The number of piperazine rings is 1. The molecule has 0 aromatic heterocycles. The monoisotopic (exact) mass is 331 g/mol. The molecule has 0 radical (unpaired) electrons. The molecule has 1 saturated heterocycles. The number of carbonyl (C=O) groups excluding carboxylic acids is 1. The SMILES string of the molecule is COc1ccc(N2CCN(C(=O)CN(C)C(C)C3CC3)CC2)cc1. The molecule has 1 aliphatic heterocycles. The predicted octanol–water partition coefficient (Wildman–Crippen LogP) is 2.07. The van der Waals surface area contributed by atoms with Crippen molar-refractivity contribution in [1.29, 1.82) is 0 Å². The summed E-state index contributed by atoms with van der Waals surface area (Å²) in [6, 6.07) is 8.67. The molecule has 5 heteroatoms. The molecule has 0 bridgehead atoms. The van der Waals surface area contributed by atoms with Crippen LogP contribution in [-0.4, -0.2) is 68.6 Å². The fraction of sp³-hybridized carbons (Fsp3) is 0.632. The summed E-state index contributed by atoms with van der Waals surface area (Å²) < 4.78 is 5.21. The fourth-order valence-corrected chi connectivity index (χ4v) is 3.40. The van der Waals surface area contributed by atoms with Crippen LogP contribution in [0.3, 0.4) is 0 Å². The Morgan fingerprint density at radius 3 is 2.38 bits per heavy atom. The normalized spacial score (nSPS) is 19.5. The maximum Gasteiger partial charge on any atom is 0.236 e. The number of hydrogen-bond acceptors (Lipinski definition) is 4. The van der Waals surface area contributed by atoms with E-state index in [2.05, 4.69) is 35.9 Å². The Morgan fingerprint density at radius 1 is 1.21 bits per heavy atom.